The monoisotopic (exact) mass is 387 g/mol. The molecule has 0 fully saturated rings. The number of anilines is 1. The molecule has 0 radical (unpaired) electrons. The fourth-order valence-electron chi connectivity index (χ4n) is 3.17. The molecule has 0 unspecified atom stereocenters. The van der Waals surface area contributed by atoms with Gasteiger partial charge in [-0.3, -0.25) is 4.98 Å². The minimum Gasteiger partial charge on any atom is -0.478 e. The summed E-state index contributed by atoms with van der Waals surface area (Å²) in [5.74, 6) is -1.64. The first-order valence-corrected chi connectivity index (χ1v) is 9.00. The van der Waals surface area contributed by atoms with Crippen molar-refractivity contribution in [3.63, 3.8) is 0 Å². The number of nitrogens with zero attached hydrogens (tertiary/aromatic N) is 3. The van der Waals surface area contributed by atoms with Crippen molar-refractivity contribution in [3.8, 4) is 22.5 Å². The lowest BCUT2D eigenvalue weighted by atomic mass is 10.0. The Labute approximate surface area is 167 Å². The van der Waals surface area contributed by atoms with Crippen LogP contribution in [0.3, 0.4) is 0 Å². The molecule has 0 atom stereocenters. The van der Waals surface area contributed by atoms with Crippen LogP contribution in [0.15, 0.2) is 66.9 Å². The normalized spacial score (nSPS) is 10.9. The minimum atomic E-state index is -1.14. The third-order valence-corrected chi connectivity index (χ3v) is 4.74. The number of aromatic nitrogens is 2. The standard InChI is InChI=1S/C23H18FN3O2/c1-27(2)17-7-3-14(4-8-17)15-5-9-21(25-13-15)22-12-19(23(28)29)18-11-16(24)6-10-20(18)26-22/h3-13H,1-2H3,(H,28,29). The van der Waals surface area contributed by atoms with Crippen molar-refractivity contribution >= 4 is 22.6 Å². The van der Waals surface area contributed by atoms with Gasteiger partial charge in [-0.25, -0.2) is 14.2 Å². The molecule has 1 N–H and O–H groups in total. The first-order valence-electron chi connectivity index (χ1n) is 9.00. The summed E-state index contributed by atoms with van der Waals surface area (Å²) < 4.78 is 13.5. The van der Waals surface area contributed by atoms with Gasteiger partial charge < -0.3 is 10.0 Å². The molecular formula is C23H18FN3O2. The first kappa shape index (κ1) is 18.6. The van der Waals surface area contributed by atoms with Gasteiger partial charge in [-0.1, -0.05) is 18.2 Å². The van der Waals surface area contributed by atoms with Crippen LogP contribution in [-0.2, 0) is 0 Å². The molecule has 2 aromatic heterocycles. The van der Waals surface area contributed by atoms with E-state index in [1.165, 1.54) is 24.3 Å². The molecular weight excluding hydrogens is 369 g/mol. The van der Waals surface area contributed by atoms with Crippen LogP contribution in [0, 0.1) is 5.82 Å². The lowest BCUT2D eigenvalue weighted by molar-refractivity contribution is 0.0699. The summed E-state index contributed by atoms with van der Waals surface area (Å²) >= 11 is 0. The highest BCUT2D eigenvalue weighted by atomic mass is 19.1. The smallest absolute Gasteiger partial charge is 0.336 e. The maximum absolute atomic E-state index is 13.5. The largest absolute Gasteiger partial charge is 0.478 e. The zero-order chi connectivity index (χ0) is 20.5. The number of benzene rings is 2. The first-order chi connectivity index (χ1) is 13.9. The SMILES string of the molecule is CN(C)c1ccc(-c2ccc(-c3cc(C(=O)O)c4cc(F)ccc4n3)nc2)cc1. The van der Waals surface area contributed by atoms with Gasteiger partial charge >= 0.3 is 5.97 Å². The third kappa shape index (κ3) is 3.65. The van der Waals surface area contributed by atoms with Crippen molar-refractivity contribution < 1.29 is 14.3 Å². The number of pyridine rings is 2. The zero-order valence-corrected chi connectivity index (χ0v) is 15.9. The predicted molar refractivity (Wildman–Crippen MR) is 112 cm³/mol. The van der Waals surface area contributed by atoms with E-state index in [4.69, 9.17) is 0 Å². The van der Waals surface area contributed by atoms with Crippen LogP contribution in [0.4, 0.5) is 10.1 Å². The Hall–Kier alpha value is -3.80. The molecule has 6 heteroatoms. The van der Waals surface area contributed by atoms with Crippen LogP contribution in [0.1, 0.15) is 10.4 Å². The lowest BCUT2D eigenvalue weighted by Crippen LogP contribution is -2.07. The molecule has 0 aliphatic carbocycles. The molecule has 5 nitrogen and oxygen atoms in total. The van der Waals surface area contributed by atoms with Gasteiger partial charge in [0.1, 0.15) is 5.82 Å². The van der Waals surface area contributed by atoms with E-state index in [1.807, 2.05) is 49.3 Å². The van der Waals surface area contributed by atoms with Gasteiger partial charge in [-0.2, -0.15) is 0 Å². The number of carbonyl (C=O) groups is 1. The Morgan fingerprint density at radius 1 is 0.931 bits per heavy atom. The van der Waals surface area contributed by atoms with Crippen LogP contribution in [0.25, 0.3) is 33.4 Å². The molecule has 0 aliphatic heterocycles. The van der Waals surface area contributed by atoms with Gasteiger partial charge in [0.25, 0.3) is 0 Å². The highest BCUT2D eigenvalue weighted by molar-refractivity contribution is 6.03. The summed E-state index contributed by atoms with van der Waals surface area (Å²) in [6.07, 6.45) is 1.73. The van der Waals surface area contributed by atoms with Crippen LogP contribution < -0.4 is 4.90 Å². The van der Waals surface area contributed by atoms with Crippen LogP contribution >= 0.6 is 0 Å². The Balaban J connectivity index is 1.73. The molecule has 2 heterocycles. The van der Waals surface area contributed by atoms with Crippen molar-refractivity contribution in [1.29, 1.82) is 0 Å². The maximum Gasteiger partial charge on any atom is 0.336 e. The summed E-state index contributed by atoms with van der Waals surface area (Å²) in [7, 11) is 3.98. The highest BCUT2D eigenvalue weighted by Crippen LogP contribution is 2.27. The lowest BCUT2D eigenvalue weighted by Gasteiger charge is -2.12. The van der Waals surface area contributed by atoms with E-state index in [1.54, 1.807) is 12.3 Å². The number of carboxylic acid groups (broad SMARTS) is 1. The van der Waals surface area contributed by atoms with Gasteiger partial charge in [0, 0.05) is 36.9 Å². The number of fused-ring (bicyclic) bond motifs is 1. The average molecular weight is 387 g/mol. The molecule has 144 valence electrons. The molecule has 0 amide bonds. The number of aromatic carboxylic acids is 1. The summed E-state index contributed by atoms with van der Waals surface area (Å²) in [4.78, 5) is 22.6. The van der Waals surface area contributed by atoms with Gasteiger partial charge in [-0.05, 0) is 48.0 Å². The third-order valence-electron chi connectivity index (χ3n) is 4.74. The summed E-state index contributed by atoms with van der Waals surface area (Å²) in [6.45, 7) is 0. The van der Waals surface area contributed by atoms with Gasteiger partial charge in [-0.15, -0.1) is 0 Å². The summed E-state index contributed by atoms with van der Waals surface area (Å²) in [5, 5.41) is 9.79. The molecule has 0 aliphatic rings. The van der Waals surface area contributed by atoms with E-state index in [-0.39, 0.29) is 10.9 Å². The molecule has 2 aromatic carbocycles. The van der Waals surface area contributed by atoms with E-state index >= 15 is 0 Å². The van der Waals surface area contributed by atoms with Crippen LogP contribution in [0.5, 0.6) is 0 Å². The zero-order valence-electron chi connectivity index (χ0n) is 15.9. The van der Waals surface area contributed by atoms with Crippen molar-refractivity contribution in [3.05, 3.63) is 78.2 Å². The van der Waals surface area contributed by atoms with Crippen molar-refractivity contribution in [2.24, 2.45) is 0 Å². The Morgan fingerprint density at radius 3 is 2.28 bits per heavy atom. The van der Waals surface area contributed by atoms with Gasteiger partial charge in [0.15, 0.2) is 0 Å². The Kier molecular flexibility index (Phi) is 4.68. The molecule has 4 rings (SSSR count). The predicted octanol–water partition coefficient (Wildman–Crippen LogP) is 4.87. The van der Waals surface area contributed by atoms with Crippen molar-refractivity contribution in [2.75, 3.05) is 19.0 Å². The molecule has 4 aromatic rings. The molecule has 0 bridgehead atoms. The van der Waals surface area contributed by atoms with E-state index in [9.17, 15) is 14.3 Å². The number of carboxylic acids is 1. The summed E-state index contributed by atoms with van der Waals surface area (Å²) in [6, 6.07) is 17.2. The molecule has 0 saturated carbocycles. The van der Waals surface area contributed by atoms with Crippen molar-refractivity contribution in [1.82, 2.24) is 9.97 Å². The summed E-state index contributed by atoms with van der Waals surface area (Å²) in [5.41, 5.74) is 4.46. The Morgan fingerprint density at radius 2 is 1.66 bits per heavy atom. The number of halogens is 1. The number of hydrogen-bond acceptors (Lipinski definition) is 4. The van der Waals surface area contributed by atoms with E-state index in [2.05, 4.69) is 9.97 Å². The van der Waals surface area contributed by atoms with Crippen LogP contribution in [0.2, 0.25) is 0 Å². The fraction of sp³-hybridized carbons (Fsp3) is 0.0870. The van der Waals surface area contributed by atoms with E-state index in [0.717, 1.165) is 16.8 Å². The van der Waals surface area contributed by atoms with Gasteiger partial charge in [0.05, 0.1) is 22.5 Å². The molecule has 0 saturated heterocycles. The van der Waals surface area contributed by atoms with Crippen LogP contribution in [-0.4, -0.2) is 35.1 Å². The van der Waals surface area contributed by atoms with Gasteiger partial charge in [0.2, 0.25) is 0 Å². The molecule has 29 heavy (non-hydrogen) atoms. The second kappa shape index (κ2) is 7.31. The second-order valence-corrected chi connectivity index (χ2v) is 6.90. The van der Waals surface area contributed by atoms with E-state index in [0.29, 0.717) is 16.9 Å². The quantitative estimate of drug-likeness (QED) is 0.541. The minimum absolute atomic E-state index is 0.00495. The van der Waals surface area contributed by atoms with E-state index < -0.39 is 11.8 Å². The Bertz CT molecular complexity index is 1200. The highest BCUT2D eigenvalue weighted by Gasteiger charge is 2.14. The average Bonchev–Trinajstić information content (AvgIpc) is 2.73. The molecule has 0 spiro atoms. The number of hydrogen-bond donors (Lipinski definition) is 1. The topological polar surface area (TPSA) is 66.3 Å². The second-order valence-electron chi connectivity index (χ2n) is 6.90. The maximum atomic E-state index is 13.5. The number of rotatable bonds is 4. The fourth-order valence-corrected chi connectivity index (χ4v) is 3.17. The van der Waals surface area contributed by atoms with Crippen molar-refractivity contribution in [2.45, 2.75) is 0 Å².